The second-order valence-corrected chi connectivity index (χ2v) is 8.64. The molecule has 1 N–H and O–H groups in total. The first kappa shape index (κ1) is 21.6. The fourth-order valence-corrected chi connectivity index (χ4v) is 4.45. The monoisotopic (exact) mass is 461 g/mol. The summed E-state index contributed by atoms with van der Waals surface area (Å²) in [5.74, 6) is 0.501. The van der Waals surface area contributed by atoms with Crippen LogP contribution in [0.25, 0.3) is 33.3 Å². The Morgan fingerprint density at radius 1 is 1.15 bits per heavy atom. The lowest BCUT2D eigenvalue weighted by Crippen LogP contribution is -2.24. The Labute approximate surface area is 196 Å². The molecule has 1 aliphatic rings. The molecule has 1 aromatic carbocycles. The van der Waals surface area contributed by atoms with Crippen LogP contribution in [0.15, 0.2) is 53.7 Å². The zero-order valence-electron chi connectivity index (χ0n) is 18.5. The van der Waals surface area contributed by atoms with Gasteiger partial charge in [-0.1, -0.05) is 23.7 Å². The smallest absolute Gasteiger partial charge is 0.260 e. The average Bonchev–Trinajstić information content (AvgIpc) is 3.32. The van der Waals surface area contributed by atoms with Crippen LogP contribution in [-0.4, -0.2) is 38.8 Å². The maximum absolute atomic E-state index is 13.4. The molecule has 0 radical (unpaired) electrons. The van der Waals surface area contributed by atoms with E-state index < -0.39 is 0 Å². The van der Waals surface area contributed by atoms with E-state index in [1.165, 1.54) is 0 Å². The molecule has 168 valence electrons. The quantitative estimate of drug-likeness (QED) is 0.463. The number of aromatic nitrogens is 4. The highest BCUT2D eigenvalue weighted by Gasteiger charge is 2.18. The minimum absolute atomic E-state index is 0.134. The van der Waals surface area contributed by atoms with Crippen molar-refractivity contribution in [2.24, 2.45) is 0 Å². The van der Waals surface area contributed by atoms with E-state index in [-0.39, 0.29) is 11.6 Å². The molecular formula is C25H24ClN5O2. The molecule has 4 heterocycles. The molecule has 3 aromatic heterocycles. The van der Waals surface area contributed by atoms with Gasteiger partial charge in [0.15, 0.2) is 0 Å². The molecule has 1 aliphatic heterocycles. The predicted octanol–water partition coefficient (Wildman–Crippen LogP) is 4.70. The first-order chi connectivity index (χ1) is 16.0. The van der Waals surface area contributed by atoms with E-state index >= 15 is 0 Å². The van der Waals surface area contributed by atoms with Crippen LogP contribution in [0.5, 0.6) is 0 Å². The summed E-state index contributed by atoms with van der Waals surface area (Å²) in [6.07, 6.45) is 6.27. The normalized spacial score (nSPS) is 15.8. The van der Waals surface area contributed by atoms with Crippen LogP contribution in [0.2, 0.25) is 5.02 Å². The van der Waals surface area contributed by atoms with E-state index in [4.69, 9.17) is 16.3 Å². The third kappa shape index (κ3) is 4.21. The zero-order chi connectivity index (χ0) is 22.9. The van der Waals surface area contributed by atoms with Gasteiger partial charge in [0, 0.05) is 58.8 Å². The first-order valence-electron chi connectivity index (χ1n) is 11.0. The molecule has 0 bridgehead atoms. The van der Waals surface area contributed by atoms with Gasteiger partial charge in [0.2, 0.25) is 5.95 Å². The SMILES string of the molecule is CCn1c(=O)c(-c2ccc(-c3cncc(C)c3)cc2Cl)cc2cnc(N[C@@H]3CCOC3)nc21. The summed E-state index contributed by atoms with van der Waals surface area (Å²) < 4.78 is 7.07. The largest absolute Gasteiger partial charge is 0.379 e. The third-order valence-electron chi connectivity index (χ3n) is 5.87. The van der Waals surface area contributed by atoms with E-state index in [1.54, 1.807) is 17.0 Å². The number of aryl methyl sites for hydroxylation is 2. The molecule has 5 rings (SSSR count). The van der Waals surface area contributed by atoms with Gasteiger partial charge >= 0.3 is 0 Å². The molecule has 1 fully saturated rings. The Kier molecular flexibility index (Phi) is 5.83. The van der Waals surface area contributed by atoms with E-state index in [0.717, 1.165) is 35.1 Å². The number of nitrogens with one attached hydrogen (secondary N) is 1. The molecule has 1 saturated heterocycles. The Morgan fingerprint density at radius 3 is 2.76 bits per heavy atom. The molecular weight excluding hydrogens is 438 g/mol. The average molecular weight is 462 g/mol. The summed E-state index contributed by atoms with van der Waals surface area (Å²) in [4.78, 5) is 26.8. The maximum Gasteiger partial charge on any atom is 0.260 e. The van der Waals surface area contributed by atoms with Crippen LogP contribution in [0.4, 0.5) is 5.95 Å². The van der Waals surface area contributed by atoms with E-state index in [2.05, 4.69) is 26.3 Å². The first-order valence-corrected chi connectivity index (χ1v) is 11.4. The highest BCUT2D eigenvalue weighted by Crippen LogP contribution is 2.32. The van der Waals surface area contributed by atoms with Crippen LogP contribution in [-0.2, 0) is 11.3 Å². The summed E-state index contributed by atoms with van der Waals surface area (Å²) in [5.41, 5.74) is 4.67. The van der Waals surface area contributed by atoms with Crippen LogP contribution >= 0.6 is 11.6 Å². The number of fused-ring (bicyclic) bond motifs is 1. The van der Waals surface area contributed by atoms with Crippen molar-refractivity contribution in [3.8, 4) is 22.3 Å². The van der Waals surface area contributed by atoms with Crippen molar-refractivity contribution in [2.45, 2.75) is 32.9 Å². The van der Waals surface area contributed by atoms with Gasteiger partial charge in [-0.25, -0.2) is 4.98 Å². The molecule has 0 amide bonds. The number of hydrogen-bond donors (Lipinski definition) is 1. The fraction of sp³-hybridized carbons (Fsp3) is 0.280. The molecule has 0 unspecified atom stereocenters. The molecule has 0 saturated carbocycles. The highest BCUT2D eigenvalue weighted by molar-refractivity contribution is 6.33. The number of nitrogens with zero attached hydrogens (tertiary/aromatic N) is 4. The molecule has 4 aromatic rings. The van der Waals surface area contributed by atoms with Crippen molar-refractivity contribution >= 4 is 28.6 Å². The molecule has 33 heavy (non-hydrogen) atoms. The topological polar surface area (TPSA) is 81.9 Å². The van der Waals surface area contributed by atoms with Crippen LogP contribution in [0.1, 0.15) is 18.9 Å². The lowest BCUT2D eigenvalue weighted by molar-refractivity contribution is 0.195. The summed E-state index contributed by atoms with van der Waals surface area (Å²) in [5, 5.41) is 4.58. The third-order valence-corrected chi connectivity index (χ3v) is 6.19. The number of rotatable bonds is 5. The van der Waals surface area contributed by atoms with Gasteiger partial charge in [0.25, 0.3) is 5.56 Å². The Morgan fingerprint density at radius 2 is 2.03 bits per heavy atom. The lowest BCUT2D eigenvalue weighted by Gasteiger charge is -2.14. The maximum atomic E-state index is 13.4. The molecule has 7 nitrogen and oxygen atoms in total. The van der Waals surface area contributed by atoms with E-state index in [9.17, 15) is 4.79 Å². The molecule has 8 heteroatoms. The number of anilines is 1. The predicted molar refractivity (Wildman–Crippen MR) is 131 cm³/mol. The minimum atomic E-state index is -0.134. The van der Waals surface area contributed by atoms with Gasteiger partial charge in [-0.2, -0.15) is 4.98 Å². The van der Waals surface area contributed by atoms with Crippen LogP contribution < -0.4 is 10.9 Å². The molecule has 1 atom stereocenters. The van der Waals surface area contributed by atoms with Gasteiger partial charge in [-0.3, -0.25) is 14.3 Å². The van der Waals surface area contributed by atoms with E-state index in [0.29, 0.717) is 40.9 Å². The number of halogens is 1. The zero-order valence-corrected chi connectivity index (χ0v) is 19.3. The van der Waals surface area contributed by atoms with Crippen molar-refractivity contribution in [3.63, 3.8) is 0 Å². The van der Waals surface area contributed by atoms with Crippen LogP contribution in [0, 0.1) is 6.92 Å². The van der Waals surface area contributed by atoms with Crippen molar-refractivity contribution in [1.29, 1.82) is 0 Å². The second kappa shape index (κ2) is 8.92. The second-order valence-electron chi connectivity index (χ2n) is 8.23. The summed E-state index contributed by atoms with van der Waals surface area (Å²) in [6, 6.07) is 9.79. The summed E-state index contributed by atoms with van der Waals surface area (Å²) >= 11 is 6.67. The molecule has 0 spiro atoms. The number of hydrogen-bond acceptors (Lipinski definition) is 6. The van der Waals surface area contributed by atoms with Crippen molar-refractivity contribution in [3.05, 3.63) is 69.9 Å². The summed E-state index contributed by atoms with van der Waals surface area (Å²) in [6.45, 7) is 5.78. The number of ether oxygens (including phenoxy) is 1. The van der Waals surface area contributed by atoms with Gasteiger partial charge in [-0.15, -0.1) is 0 Å². The highest BCUT2D eigenvalue weighted by atomic mass is 35.5. The minimum Gasteiger partial charge on any atom is -0.379 e. The van der Waals surface area contributed by atoms with Gasteiger partial charge in [0.1, 0.15) is 5.65 Å². The number of pyridine rings is 2. The van der Waals surface area contributed by atoms with Gasteiger partial charge in [0.05, 0.1) is 12.6 Å². The van der Waals surface area contributed by atoms with Crippen molar-refractivity contribution < 1.29 is 4.74 Å². The Hall–Kier alpha value is -3.29. The molecule has 0 aliphatic carbocycles. The van der Waals surface area contributed by atoms with E-state index in [1.807, 2.05) is 44.3 Å². The Bertz CT molecular complexity index is 1400. The Balaban J connectivity index is 1.56. The lowest BCUT2D eigenvalue weighted by atomic mass is 10.0. The van der Waals surface area contributed by atoms with Crippen LogP contribution in [0.3, 0.4) is 0 Å². The van der Waals surface area contributed by atoms with Gasteiger partial charge in [-0.05, 0) is 49.6 Å². The summed E-state index contributed by atoms with van der Waals surface area (Å²) in [7, 11) is 0. The number of benzene rings is 1. The van der Waals surface area contributed by atoms with Crippen molar-refractivity contribution in [1.82, 2.24) is 19.5 Å². The van der Waals surface area contributed by atoms with Gasteiger partial charge < -0.3 is 10.1 Å². The van der Waals surface area contributed by atoms with Crippen molar-refractivity contribution in [2.75, 3.05) is 18.5 Å². The fourth-order valence-electron chi connectivity index (χ4n) is 4.17. The standard InChI is InChI=1S/C25H24ClN5O2/c1-3-31-23-18(13-28-25(30-23)29-19-6-7-33-14-19)9-21(24(31)32)20-5-4-16(10-22(20)26)17-8-15(2)11-27-12-17/h4-5,8-13,19H,3,6-7,14H2,1-2H3,(H,28,29,30)/t19-/m1/s1.